The van der Waals surface area contributed by atoms with Gasteiger partial charge in [0.15, 0.2) is 0 Å². The molecule has 7 heteroatoms. The minimum Gasteiger partial charge on any atom is -0.322 e. The Bertz CT molecular complexity index is 721. The largest absolute Gasteiger partial charge is 0.322 e. The van der Waals surface area contributed by atoms with Gasteiger partial charge >= 0.3 is 0 Å². The number of carbonyl (C=O) groups excluding carboxylic acids is 1. The third kappa shape index (κ3) is 2.43. The zero-order chi connectivity index (χ0) is 13.9. The van der Waals surface area contributed by atoms with Crippen LogP contribution >= 0.6 is 11.3 Å². The maximum Gasteiger partial charge on any atom is 0.256 e. The Kier molecular flexibility index (Phi) is 3.26. The number of hydrogen-bond acceptors (Lipinski definition) is 5. The topological polar surface area (TPSA) is 72.7 Å². The molecule has 0 radical (unpaired) electrons. The molecule has 2 aromatic heterocycles. The molecule has 0 fully saturated rings. The summed E-state index contributed by atoms with van der Waals surface area (Å²) in [5.41, 5.74) is 3.17. The van der Waals surface area contributed by atoms with Gasteiger partial charge < -0.3 is 5.32 Å². The molecule has 0 spiro atoms. The molecule has 0 saturated carbocycles. The maximum absolute atomic E-state index is 12.1. The quantitative estimate of drug-likeness (QED) is 0.801. The summed E-state index contributed by atoms with van der Waals surface area (Å²) in [6, 6.07) is 7.45. The molecule has 3 aromatic rings. The number of aromatic nitrogens is 4. The zero-order valence-electron chi connectivity index (χ0n) is 10.6. The molecule has 100 valence electrons. The van der Waals surface area contributed by atoms with Crippen LogP contribution in [0.4, 0.5) is 5.69 Å². The number of nitrogens with zero attached hydrogens (tertiary/aromatic N) is 4. The van der Waals surface area contributed by atoms with E-state index < -0.39 is 0 Å². The van der Waals surface area contributed by atoms with Gasteiger partial charge in [-0.3, -0.25) is 4.79 Å². The molecule has 0 unspecified atom stereocenters. The van der Waals surface area contributed by atoms with Gasteiger partial charge in [0.05, 0.1) is 11.3 Å². The Morgan fingerprint density at radius 1 is 1.35 bits per heavy atom. The summed E-state index contributed by atoms with van der Waals surface area (Å²) in [5, 5.41) is 17.6. The third-order valence-electron chi connectivity index (χ3n) is 2.87. The van der Waals surface area contributed by atoms with Crippen molar-refractivity contribution in [2.45, 2.75) is 6.92 Å². The van der Waals surface area contributed by atoms with E-state index in [1.54, 1.807) is 10.7 Å². The first-order chi connectivity index (χ1) is 9.74. The first-order valence-corrected chi connectivity index (χ1v) is 6.86. The van der Waals surface area contributed by atoms with E-state index in [9.17, 15) is 4.79 Å². The van der Waals surface area contributed by atoms with Crippen LogP contribution in [0.5, 0.6) is 0 Å². The molecule has 1 aromatic carbocycles. The average Bonchev–Trinajstić information content (AvgIpc) is 3.14. The summed E-state index contributed by atoms with van der Waals surface area (Å²) in [4.78, 5) is 12.1. The Morgan fingerprint density at radius 3 is 2.95 bits per heavy atom. The van der Waals surface area contributed by atoms with Crippen molar-refractivity contribution in [1.82, 2.24) is 20.2 Å². The predicted molar refractivity (Wildman–Crippen MR) is 76.2 cm³/mol. The molecule has 0 aliphatic heterocycles. The number of carbonyl (C=O) groups is 1. The molecule has 0 bridgehead atoms. The van der Waals surface area contributed by atoms with E-state index in [0.29, 0.717) is 5.56 Å². The number of amides is 1. The molecule has 3 rings (SSSR count). The van der Waals surface area contributed by atoms with Crippen LogP contribution in [0.25, 0.3) is 5.69 Å². The minimum atomic E-state index is -0.122. The van der Waals surface area contributed by atoms with Crippen molar-refractivity contribution in [3.63, 3.8) is 0 Å². The molecule has 0 saturated heterocycles. The van der Waals surface area contributed by atoms with Crippen LogP contribution in [0.15, 0.2) is 41.4 Å². The Hall–Kier alpha value is -2.54. The second kappa shape index (κ2) is 5.22. The number of aryl methyl sites for hydroxylation is 1. The third-order valence-corrected chi connectivity index (χ3v) is 3.55. The molecular weight excluding hydrogens is 274 g/mol. The van der Waals surface area contributed by atoms with Crippen LogP contribution in [0.1, 0.15) is 15.9 Å². The van der Waals surface area contributed by atoms with Gasteiger partial charge in [0.2, 0.25) is 0 Å². The van der Waals surface area contributed by atoms with Gasteiger partial charge in [0, 0.05) is 11.1 Å². The standard InChI is InChI=1S/C13H11N5OS/c1-9-2-3-11(18-8-14-16-17-18)6-12(9)15-13(19)10-4-5-20-7-10/h2-8H,1H3,(H,15,19). The number of nitrogens with one attached hydrogen (secondary N) is 1. The van der Waals surface area contributed by atoms with Gasteiger partial charge in [-0.1, -0.05) is 6.07 Å². The van der Waals surface area contributed by atoms with Crippen LogP contribution < -0.4 is 5.32 Å². The fourth-order valence-electron chi connectivity index (χ4n) is 1.75. The Labute approximate surface area is 119 Å². The van der Waals surface area contributed by atoms with Crippen molar-refractivity contribution in [2.24, 2.45) is 0 Å². The molecule has 6 nitrogen and oxygen atoms in total. The van der Waals surface area contributed by atoms with Crippen molar-refractivity contribution >= 4 is 22.9 Å². The first kappa shape index (κ1) is 12.5. The molecular formula is C13H11N5OS. The second-order valence-electron chi connectivity index (χ2n) is 4.22. The van der Waals surface area contributed by atoms with Crippen molar-refractivity contribution in [2.75, 3.05) is 5.32 Å². The molecule has 1 N–H and O–H groups in total. The number of thiophene rings is 1. The summed E-state index contributed by atoms with van der Waals surface area (Å²) >= 11 is 1.49. The van der Waals surface area contributed by atoms with Crippen LogP contribution in [-0.2, 0) is 0 Å². The molecule has 0 aliphatic carbocycles. The molecule has 0 aliphatic rings. The van der Waals surface area contributed by atoms with Crippen LogP contribution in [0.2, 0.25) is 0 Å². The van der Waals surface area contributed by atoms with Crippen LogP contribution in [0, 0.1) is 6.92 Å². The highest BCUT2D eigenvalue weighted by Crippen LogP contribution is 2.20. The monoisotopic (exact) mass is 285 g/mol. The highest BCUT2D eigenvalue weighted by molar-refractivity contribution is 7.08. The van der Waals surface area contributed by atoms with Gasteiger partial charge in [-0.05, 0) is 46.5 Å². The smallest absolute Gasteiger partial charge is 0.256 e. The Morgan fingerprint density at radius 2 is 2.25 bits per heavy atom. The SMILES string of the molecule is Cc1ccc(-n2cnnn2)cc1NC(=O)c1ccsc1. The van der Waals surface area contributed by atoms with E-state index in [2.05, 4.69) is 20.8 Å². The van der Waals surface area contributed by atoms with Crippen LogP contribution in [-0.4, -0.2) is 26.1 Å². The fraction of sp³-hybridized carbons (Fsp3) is 0.0769. The van der Waals surface area contributed by atoms with E-state index >= 15 is 0 Å². The second-order valence-corrected chi connectivity index (χ2v) is 5.00. The maximum atomic E-state index is 12.1. The lowest BCUT2D eigenvalue weighted by Gasteiger charge is -2.09. The van der Waals surface area contributed by atoms with Crippen molar-refractivity contribution in [1.29, 1.82) is 0 Å². The lowest BCUT2D eigenvalue weighted by molar-refractivity contribution is 0.102. The van der Waals surface area contributed by atoms with E-state index in [4.69, 9.17) is 0 Å². The van der Waals surface area contributed by atoms with E-state index in [-0.39, 0.29) is 5.91 Å². The van der Waals surface area contributed by atoms with Crippen molar-refractivity contribution in [3.05, 3.63) is 52.5 Å². The summed E-state index contributed by atoms with van der Waals surface area (Å²) in [7, 11) is 0. The molecule has 0 atom stereocenters. The Balaban J connectivity index is 1.89. The number of anilines is 1. The first-order valence-electron chi connectivity index (χ1n) is 5.91. The lowest BCUT2D eigenvalue weighted by Crippen LogP contribution is -2.12. The minimum absolute atomic E-state index is 0.122. The normalized spacial score (nSPS) is 10.4. The van der Waals surface area contributed by atoms with Gasteiger partial charge in [0.1, 0.15) is 6.33 Å². The summed E-state index contributed by atoms with van der Waals surface area (Å²) in [6.45, 7) is 1.94. The number of hydrogen-bond donors (Lipinski definition) is 1. The highest BCUT2D eigenvalue weighted by Gasteiger charge is 2.09. The predicted octanol–water partition coefficient (Wildman–Crippen LogP) is 2.28. The molecule has 1 amide bonds. The van der Waals surface area contributed by atoms with Gasteiger partial charge in [0.25, 0.3) is 5.91 Å². The van der Waals surface area contributed by atoms with Crippen molar-refractivity contribution < 1.29 is 4.79 Å². The summed E-state index contributed by atoms with van der Waals surface area (Å²) in [5.74, 6) is -0.122. The van der Waals surface area contributed by atoms with Gasteiger partial charge in [-0.2, -0.15) is 11.3 Å². The lowest BCUT2D eigenvalue weighted by atomic mass is 10.1. The van der Waals surface area contributed by atoms with E-state index in [0.717, 1.165) is 16.9 Å². The summed E-state index contributed by atoms with van der Waals surface area (Å²) in [6.07, 6.45) is 1.51. The van der Waals surface area contributed by atoms with Gasteiger partial charge in [-0.15, -0.1) is 5.10 Å². The highest BCUT2D eigenvalue weighted by atomic mass is 32.1. The number of rotatable bonds is 3. The summed E-state index contributed by atoms with van der Waals surface area (Å²) < 4.78 is 1.54. The van der Waals surface area contributed by atoms with E-state index in [1.807, 2.05) is 35.9 Å². The van der Waals surface area contributed by atoms with Gasteiger partial charge in [-0.25, -0.2) is 4.68 Å². The number of tetrazole rings is 1. The van der Waals surface area contributed by atoms with Crippen molar-refractivity contribution in [3.8, 4) is 5.69 Å². The fourth-order valence-corrected chi connectivity index (χ4v) is 2.39. The zero-order valence-corrected chi connectivity index (χ0v) is 11.5. The average molecular weight is 285 g/mol. The molecule has 20 heavy (non-hydrogen) atoms. The van der Waals surface area contributed by atoms with Crippen LogP contribution in [0.3, 0.4) is 0 Å². The number of benzene rings is 1. The molecule has 2 heterocycles. The van der Waals surface area contributed by atoms with E-state index in [1.165, 1.54) is 17.7 Å².